The second-order valence-electron chi connectivity index (χ2n) is 6.73. The fraction of sp³-hybridized carbons (Fsp3) is 0.450. The average molecular weight is 338 g/mol. The van der Waals surface area contributed by atoms with Crippen LogP contribution in [0.3, 0.4) is 0 Å². The molecule has 0 saturated carbocycles. The van der Waals surface area contributed by atoms with Crippen LogP contribution >= 0.6 is 0 Å². The van der Waals surface area contributed by atoms with Gasteiger partial charge in [-0.2, -0.15) is 0 Å². The minimum atomic E-state index is -0.150. The van der Waals surface area contributed by atoms with E-state index in [1.54, 1.807) is 0 Å². The highest BCUT2D eigenvalue weighted by Crippen LogP contribution is 2.18. The van der Waals surface area contributed by atoms with Crippen LogP contribution in [0.1, 0.15) is 53.1 Å². The van der Waals surface area contributed by atoms with Crippen LogP contribution in [0, 0.1) is 13.8 Å². The summed E-state index contributed by atoms with van der Waals surface area (Å²) in [6.07, 6.45) is 4.89. The lowest BCUT2D eigenvalue weighted by atomic mass is 10.1. The number of carbonyl (C=O) groups excluding carboxylic acids is 1. The van der Waals surface area contributed by atoms with Crippen LogP contribution in [0.15, 0.2) is 30.3 Å². The molecule has 1 fully saturated rings. The van der Waals surface area contributed by atoms with Crippen molar-refractivity contribution in [2.45, 2.75) is 46.1 Å². The maximum Gasteiger partial charge on any atom is 0.270 e. The average Bonchev–Trinajstić information content (AvgIpc) is 2.88. The van der Waals surface area contributed by atoms with Crippen molar-refractivity contribution in [1.82, 2.24) is 15.3 Å². The number of benzene rings is 1. The number of hydrogen-bond donors (Lipinski definition) is 1. The lowest BCUT2D eigenvalue weighted by Gasteiger charge is -2.22. The van der Waals surface area contributed by atoms with Crippen molar-refractivity contribution < 1.29 is 4.79 Å². The molecule has 5 heteroatoms. The van der Waals surface area contributed by atoms with E-state index < -0.39 is 0 Å². The van der Waals surface area contributed by atoms with Crippen molar-refractivity contribution in [3.8, 4) is 0 Å². The van der Waals surface area contributed by atoms with Gasteiger partial charge in [0.1, 0.15) is 17.3 Å². The minimum Gasteiger partial charge on any atom is -0.356 e. The van der Waals surface area contributed by atoms with Gasteiger partial charge in [0.15, 0.2) is 0 Å². The SMILES string of the molecule is Cc1cccc(CNC(=O)c2cc(N3CCCCCC3)nc(C)n2)c1. The van der Waals surface area contributed by atoms with Crippen LogP contribution in [0.5, 0.6) is 0 Å². The number of nitrogens with one attached hydrogen (secondary N) is 1. The number of anilines is 1. The summed E-state index contributed by atoms with van der Waals surface area (Å²) >= 11 is 0. The third-order valence-corrected chi connectivity index (χ3v) is 4.52. The van der Waals surface area contributed by atoms with Crippen LogP contribution < -0.4 is 10.2 Å². The van der Waals surface area contributed by atoms with E-state index in [2.05, 4.69) is 26.3 Å². The summed E-state index contributed by atoms with van der Waals surface area (Å²) in [5, 5.41) is 2.96. The van der Waals surface area contributed by atoms with Crippen LogP contribution in [0.2, 0.25) is 0 Å². The zero-order valence-corrected chi connectivity index (χ0v) is 15.1. The highest BCUT2D eigenvalue weighted by atomic mass is 16.1. The summed E-state index contributed by atoms with van der Waals surface area (Å²) in [6.45, 7) is 6.40. The zero-order chi connectivity index (χ0) is 17.6. The molecule has 1 aliphatic heterocycles. The number of carbonyl (C=O) groups is 1. The monoisotopic (exact) mass is 338 g/mol. The van der Waals surface area contributed by atoms with E-state index in [1.165, 1.54) is 31.2 Å². The van der Waals surface area contributed by atoms with Crippen LogP contribution in [0.4, 0.5) is 5.82 Å². The first-order valence-corrected chi connectivity index (χ1v) is 9.06. The zero-order valence-electron chi connectivity index (χ0n) is 15.1. The van der Waals surface area contributed by atoms with Gasteiger partial charge in [0.2, 0.25) is 0 Å². The Morgan fingerprint density at radius 3 is 2.56 bits per heavy atom. The second kappa shape index (κ2) is 8.10. The van der Waals surface area contributed by atoms with Crippen LogP contribution in [-0.2, 0) is 6.54 Å². The van der Waals surface area contributed by atoms with Crippen molar-refractivity contribution in [1.29, 1.82) is 0 Å². The molecule has 0 atom stereocenters. The van der Waals surface area contributed by atoms with Crippen LogP contribution in [-0.4, -0.2) is 29.0 Å². The Bertz CT molecular complexity index is 736. The van der Waals surface area contributed by atoms with E-state index in [4.69, 9.17) is 0 Å². The molecule has 3 rings (SSSR count). The Morgan fingerprint density at radius 1 is 1.08 bits per heavy atom. The maximum absolute atomic E-state index is 12.5. The normalized spacial score (nSPS) is 14.9. The summed E-state index contributed by atoms with van der Waals surface area (Å²) < 4.78 is 0. The van der Waals surface area contributed by atoms with Crippen molar-refractivity contribution >= 4 is 11.7 Å². The van der Waals surface area contributed by atoms with Crippen molar-refractivity contribution in [2.75, 3.05) is 18.0 Å². The minimum absolute atomic E-state index is 0.150. The van der Waals surface area contributed by atoms with E-state index >= 15 is 0 Å². The van der Waals surface area contributed by atoms with Gasteiger partial charge >= 0.3 is 0 Å². The molecule has 1 N–H and O–H groups in total. The van der Waals surface area contributed by atoms with Gasteiger partial charge < -0.3 is 10.2 Å². The van der Waals surface area contributed by atoms with Gasteiger partial charge in [0, 0.05) is 25.7 Å². The van der Waals surface area contributed by atoms with E-state index in [0.29, 0.717) is 18.1 Å². The van der Waals surface area contributed by atoms with Gasteiger partial charge in [-0.15, -0.1) is 0 Å². The lowest BCUT2D eigenvalue weighted by molar-refractivity contribution is 0.0945. The van der Waals surface area contributed by atoms with E-state index in [0.717, 1.165) is 24.5 Å². The molecular formula is C20H26N4O. The Labute approximate surface area is 149 Å². The molecule has 2 aromatic rings. The molecule has 25 heavy (non-hydrogen) atoms. The Hall–Kier alpha value is -2.43. The summed E-state index contributed by atoms with van der Waals surface area (Å²) in [6, 6.07) is 9.97. The van der Waals surface area contributed by atoms with E-state index in [9.17, 15) is 4.79 Å². The Balaban J connectivity index is 1.71. The third kappa shape index (κ3) is 4.78. The Morgan fingerprint density at radius 2 is 1.84 bits per heavy atom. The fourth-order valence-corrected chi connectivity index (χ4v) is 3.23. The van der Waals surface area contributed by atoms with Gasteiger partial charge in [0.05, 0.1) is 0 Å². The largest absolute Gasteiger partial charge is 0.356 e. The smallest absolute Gasteiger partial charge is 0.270 e. The molecule has 1 aromatic carbocycles. The number of aryl methyl sites for hydroxylation is 2. The van der Waals surface area contributed by atoms with Gasteiger partial charge in [-0.25, -0.2) is 9.97 Å². The predicted octanol–water partition coefficient (Wildman–Crippen LogP) is 3.40. The molecule has 0 aliphatic carbocycles. The first-order chi connectivity index (χ1) is 12.1. The summed E-state index contributed by atoms with van der Waals surface area (Å²) in [4.78, 5) is 23.7. The molecule has 132 valence electrons. The number of rotatable bonds is 4. The molecule has 1 aliphatic rings. The summed E-state index contributed by atoms with van der Waals surface area (Å²) in [5.41, 5.74) is 2.72. The molecule has 5 nitrogen and oxygen atoms in total. The van der Waals surface area contributed by atoms with Gasteiger partial charge in [-0.1, -0.05) is 42.7 Å². The van der Waals surface area contributed by atoms with Gasteiger partial charge in [-0.05, 0) is 32.3 Å². The Kier molecular flexibility index (Phi) is 5.64. The standard InChI is InChI=1S/C20H26N4O/c1-15-8-7-9-17(12-15)14-21-20(25)18-13-19(23-16(2)22-18)24-10-5-3-4-6-11-24/h7-9,12-13H,3-6,10-11,14H2,1-2H3,(H,21,25). The molecule has 0 unspecified atom stereocenters. The number of hydrogen-bond acceptors (Lipinski definition) is 4. The van der Waals surface area contributed by atoms with Gasteiger partial charge in [-0.3, -0.25) is 4.79 Å². The molecule has 1 aromatic heterocycles. The predicted molar refractivity (Wildman–Crippen MR) is 99.8 cm³/mol. The maximum atomic E-state index is 12.5. The number of nitrogens with zero attached hydrogens (tertiary/aromatic N) is 3. The van der Waals surface area contributed by atoms with Crippen molar-refractivity contribution in [3.05, 3.63) is 53.0 Å². The number of amides is 1. The molecule has 0 spiro atoms. The highest BCUT2D eigenvalue weighted by molar-refractivity contribution is 5.92. The second-order valence-corrected chi connectivity index (χ2v) is 6.73. The first-order valence-electron chi connectivity index (χ1n) is 9.06. The lowest BCUT2D eigenvalue weighted by Crippen LogP contribution is -2.28. The quantitative estimate of drug-likeness (QED) is 0.928. The fourth-order valence-electron chi connectivity index (χ4n) is 3.23. The third-order valence-electron chi connectivity index (χ3n) is 4.52. The molecule has 2 heterocycles. The van der Waals surface area contributed by atoms with E-state index in [-0.39, 0.29) is 5.91 Å². The molecule has 0 bridgehead atoms. The van der Waals surface area contributed by atoms with E-state index in [1.807, 2.05) is 38.1 Å². The van der Waals surface area contributed by atoms with Crippen LogP contribution in [0.25, 0.3) is 0 Å². The summed E-state index contributed by atoms with van der Waals surface area (Å²) in [5.74, 6) is 1.36. The molecule has 1 amide bonds. The van der Waals surface area contributed by atoms with Crippen molar-refractivity contribution in [2.24, 2.45) is 0 Å². The number of aromatic nitrogens is 2. The molecule has 1 saturated heterocycles. The first kappa shape index (κ1) is 17.4. The summed E-state index contributed by atoms with van der Waals surface area (Å²) in [7, 11) is 0. The topological polar surface area (TPSA) is 58.1 Å². The highest BCUT2D eigenvalue weighted by Gasteiger charge is 2.16. The molecule has 0 radical (unpaired) electrons. The van der Waals surface area contributed by atoms with Crippen molar-refractivity contribution in [3.63, 3.8) is 0 Å². The van der Waals surface area contributed by atoms with Gasteiger partial charge in [0.25, 0.3) is 5.91 Å². The molecular weight excluding hydrogens is 312 g/mol.